The van der Waals surface area contributed by atoms with Crippen LogP contribution in [-0.4, -0.2) is 39.9 Å². The van der Waals surface area contributed by atoms with E-state index in [1.165, 1.54) is 23.1 Å². The van der Waals surface area contributed by atoms with Gasteiger partial charge in [0.25, 0.3) is 0 Å². The highest BCUT2D eigenvalue weighted by Gasteiger charge is 2.16. The molecule has 1 amide bonds. The summed E-state index contributed by atoms with van der Waals surface area (Å²) < 4.78 is 28.2. The Morgan fingerprint density at radius 2 is 2.05 bits per heavy atom. The minimum atomic E-state index is -3.91. The molecule has 0 aliphatic carbocycles. The monoisotopic (exact) mass is 320 g/mol. The molecule has 0 fully saturated rings. The maximum absolute atomic E-state index is 11.4. The fraction of sp³-hybridized carbons (Fsp3) is 0.417. The highest BCUT2D eigenvalue weighted by molar-refractivity contribution is 7.89. The van der Waals surface area contributed by atoms with Crippen molar-refractivity contribution in [2.45, 2.75) is 17.7 Å². The number of primary sulfonamides is 1. The molecule has 0 atom stereocenters. The van der Waals surface area contributed by atoms with Crippen LogP contribution in [0.3, 0.4) is 0 Å². The molecule has 0 spiro atoms. The lowest BCUT2D eigenvalue weighted by atomic mass is 10.3. The Bertz CT molecular complexity index is 587. The van der Waals surface area contributed by atoms with E-state index in [2.05, 4.69) is 0 Å². The number of carbonyl (C=O) groups is 1. The maximum atomic E-state index is 11.4. The van der Waals surface area contributed by atoms with Gasteiger partial charge in [-0.15, -0.1) is 0 Å². The first-order valence-electron chi connectivity index (χ1n) is 5.87. The molecule has 2 N–H and O–H groups in total. The van der Waals surface area contributed by atoms with Crippen LogP contribution in [0.5, 0.6) is 5.75 Å². The quantitative estimate of drug-likeness (QED) is 0.798. The molecule has 0 aliphatic heterocycles. The Balaban J connectivity index is 2.67. The lowest BCUT2D eigenvalue weighted by molar-refractivity contribution is -0.128. The summed E-state index contributed by atoms with van der Waals surface area (Å²) in [5, 5.41) is 5.35. The van der Waals surface area contributed by atoms with Crippen molar-refractivity contribution in [3.8, 4) is 5.75 Å². The number of carbonyl (C=O) groups excluding carboxylic acids is 1. The van der Waals surface area contributed by atoms with Crippen LogP contribution in [0.2, 0.25) is 5.02 Å². The van der Waals surface area contributed by atoms with Crippen LogP contribution in [0.4, 0.5) is 0 Å². The minimum Gasteiger partial charge on any atom is -0.492 e. The van der Waals surface area contributed by atoms with Crippen LogP contribution in [0.25, 0.3) is 0 Å². The number of halogens is 1. The molecule has 1 aromatic carbocycles. The van der Waals surface area contributed by atoms with Gasteiger partial charge in [-0.05, 0) is 24.6 Å². The third kappa shape index (κ3) is 4.99. The van der Waals surface area contributed by atoms with Gasteiger partial charge in [0, 0.05) is 25.5 Å². The first-order valence-corrected chi connectivity index (χ1v) is 7.79. The van der Waals surface area contributed by atoms with Crippen LogP contribution in [0.1, 0.15) is 12.8 Å². The molecule has 0 saturated carbocycles. The van der Waals surface area contributed by atoms with Gasteiger partial charge in [0.05, 0.1) is 6.61 Å². The van der Waals surface area contributed by atoms with Crippen molar-refractivity contribution in [1.82, 2.24) is 4.90 Å². The van der Waals surface area contributed by atoms with Crippen LogP contribution in [0.15, 0.2) is 23.1 Å². The van der Waals surface area contributed by atoms with Crippen LogP contribution in [-0.2, 0) is 14.8 Å². The minimum absolute atomic E-state index is 0.0172. The smallest absolute Gasteiger partial charge is 0.241 e. The number of ether oxygens (including phenoxy) is 1. The molecule has 8 heteroatoms. The molecular formula is C12H17ClN2O4S. The van der Waals surface area contributed by atoms with E-state index in [-0.39, 0.29) is 28.2 Å². The van der Waals surface area contributed by atoms with E-state index in [1.54, 1.807) is 14.1 Å². The van der Waals surface area contributed by atoms with E-state index >= 15 is 0 Å². The number of sulfonamides is 1. The molecule has 0 heterocycles. The average molecular weight is 321 g/mol. The predicted molar refractivity (Wildman–Crippen MR) is 76.2 cm³/mol. The summed E-state index contributed by atoms with van der Waals surface area (Å²) >= 11 is 5.73. The van der Waals surface area contributed by atoms with Gasteiger partial charge >= 0.3 is 0 Å². The molecule has 0 bridgehead atoms. The second-order valence-corrected chi connectivity index (χ2v) is 6.34. The summed E-state index contributed by atoms with van der Waals surface area (Å²) in [6, 6.07) is 4.18. The molecular weight excluding hydrogens is 304 g/mol. The summed E-state index contributed by atoms with van der Waals surface area (Å²) in [5.41, 5.74) is 0. The van der Waals surface area contributed by atoms with Crippen molar-refractivity contribution in [3.63, 3.8) is 0 Å². The van der Waals surface area contributed by atoms with Crippen molar-refractivity contribution in [2.75, 3.05) is 20.7 Å². The SMILES string of the molecule is CN(C)C(=O)CCCOc1ccc(Cl)cc1S(N)(=O)=O. The van der Waals surface area contributed by atoms with Gasteiger partial charge in [0.15, 0.2) is 0 Å². The summed E-state index contributed by atoms with van der Waals surface area (Å²) in [6.45, 7) is 0.212. The number of benzene rings is 1. The zero-order chi connectivity index (χ0) is 15.3. The Labute approximate surface area is 123 Å². The van der Waals surface area contributed by atoms with E-state index in [0.29, 0.717) is 12.8 Å². The Morgan fingerprint density at radius 3 is 2.60 bits per heavy atom. The lowest BCUT2D eigenvalue weighted by Gasteiger charge is -2.12. The Hall–Kier alpha value is -1.31. The fourth-order valence-corrected chi connectivity index (χ4v) is 2.39. The third-order valence-corrected chi connectivity index (χ3v) is 3.67. The lowest BCUT2D eigenvalue weighted by Crippen LogP contribution is -2.22. The van der Waals surface area contributed by atoms with E-state index in [4.69, 9.17) is 21.5 Å². The molecule has 0 saturated heterocycles. The second-order valence-electron chi connectivity index (χ2n) is 4.38. The largest absolute Gasteiger partial charge is 0.492 e. The summed E-state index contributed by atoms with van der Waals surface area (Å²) in [7, 11) is -0.571. The molecule has 6 nitrogen and oxygen atoms in total. The number of nitrogens with zero attached hydrogens (tertiary/aromatic N) is 1. The number of amides is 1. The zero-order valence-electron chi connectivity index (χ0n) is 11.3. The van der Waals surface area contributed by atoms with E-state index in [1.807, 2.05) is 0 Å². The van der Waals surface area contributed by atoms with Crippen molar-refractivity contribution < 1.29 is 17.9 Å². The van der Waals surface area contributed by atoms with Crippen molar-refractivity contribution in [1.29, 1.82) is 0 Å². The normalized spacial score (nSPS) is 11.2. The molecule has 1 aromatic rings. The van der Waals surface area contributed by atoms with Gasteiger partial charge in [-0.3, -0.25) is 4.79 Å². The van der Waals surface area contributed by atoms with E-state index in [9.17, 15) is 13.2 Å². The molecule has 0 unspecified atom stereocenters. The molecule has 20 heavy (non-hydrogen) atoms. The van der Waals surface area contributed by atoms with Crippen LogP contribution < -0.4 is 9.88 Å². The zero-order valence-corrected chi connectivity index (χ0v) is 12.9. The first kappa shape index (κ1) is 16.7. The van der Waals surface area contributed by atoms with Gasteiger partial charge < -0.3 is 9.64 Å². The number of hydrogen-bond donors (Lipinski definition) is 1. The third-order valence-electron chi connectivity index (χ3n) is 2.50. The van der Waals surface area contributed by atoms with Gasteiger partial charge in [-0.1, -0.05) is 11.6 Å². The van der Waals surface area contributed by atoms with Gasteiger partial charge in [0.2, 0.25) is 15.9 Å². The molecule has 0 aromatic heterocycles. The average Bonchev–Trinajstić information content (AvgIpc) is 2.34. The topological polar surface area (TPSA) is 89.7 Å². The highest BCUT2D eigenvalue weighted by Crippen LogP contribution is 2.26. The maximum Gasteiger partial charge on any atom is 0.241 e. The standard InChI is InChI=1S/C12H17ClN2O4S/c1-15(2)12(16)4-3-7-19-10-6-5-9(13)8-11(10)20(14,17)18/h5-6,8H,3-4,7H2,1-2H3,(H2,14,17,18). The second kappa shape index (κ2) is 6.92. The first-order chi connectivity index (χ1) is 9.21. The number of nitrogens with two attached hydrogens (primary N) is 1. The van der Waals surface area contributed by atoms with Gasteiger partial charge in [-0.25, -0.2) is 13.6 Å². The van der Waals surface area contributed by atoms with Gasteiger partial charge in [-0.2, -0.15) is 0 Å². The van der Waals surface area contributed by atoms with Crippen LogP contribution >= 0.6 is 11.6 Å². The summed E-state index contributed by atoms with van der Waals surface area (Å²) in [5.74, 6) is 0.116. The summed E-state index contributed by atoms with van der Waals surface area (Å²) in [4.78, 5) is 12.7. The van der Waals surface area contributed by atoms with E-state index in [0.717, 1.165) is 0 Å². The van der Waals surface area contributed by atoms with Crippen molar-refractivity contribution in [3.05, 3.63) is 23.2 Å². The van der Waals surface area contributed by atoms with Crippen molar-refractivity contribution >= 4 is 27.5 Å². The number of rotatable bonds is 6. The van der Waals surface area contributed by atoms with Gasteiger partial charge in [0.1, 0.15) is 10.6 Å². The molecule has 0 aliphatic rings. The Kier molecular flexibility index (Phi) is 5.79. The molecule has 112 valence electrons. The molecule has 1 rings (SSSR count). The fourth-order valence-electron chi connectivity index (χ4n) is 1.45. The highest BCUT2D eigenvalue weighted by atomic mass is 35.5. The van der Waals surface area contributed by atoms with Crippen molar-refractivity contribution in [2.24, 2.45) is 5.14 Å². The molecule has 0 radical (unpaired) electrons. The Morgan fingerprint density at radius 1 is 1.40 bits per heavy atom. The predicted octanol–water partition coefficient (Wildman–Crippen LogP) is 1.23. The number of hydrogen-bond acceptors (Lipinski definition) is 4. The van der Waals surface area contributed by atoms with E-state index < -0.39 is 10.0 Å². The summed E-state index contributed by atoms with van der Waals surface area (Å²) in [6.07, 6.45) is 0.801. The van der Waals surface area contributed by atoms with Crippen LogP contribution in [0, 0.1) is 0 Å².